The number of methoxy groups -OCH3 is 1. The average molecular weight is 543 g/mol. The summed E-state index contributed by atoms with van der Waals surface area (Å²) in [4.78, 5) is 24.7. The first kappa shape index (κ1) is 29.9. The maximum atomic E-state index is 13.9. The number of amides is 1. The Hall–Kier alpha value is -3.69. The van der Waals surface area contributed by atoms with Gasteiger partial charge in [0.2, 0.25) is 5.91 Å². The number of carbonyl (C=O) groups excluding carboxylic acids is 2. The third kappa shape index (κ3) is 9.23. The van der Waals surface area contributed by atoms with Gasteiger partial charge in [0.1, 0.15) is 11.6 Å². The summed E-state index contributed by atoms with van der Waals surface area (Å²) in [6.07, 6.45) is -0.423. The van der Waals surface area contributed by atoms with Crippen molar-refractivity contribution in [1.29, 1.82) is 0 Å². The molecule has 0 saturated carbocycles. The summed E-state index contributed by atoms with van der Waals surface area (Å²) in [6, 6.07) is 14.3. The first-order chi connectivity index (χ1) is 18.7. The molecule has 0 bridgehead atoms. The molecule has 0 aliphatic rings. The number of rotatable bonds is 14. The fraction of sp³-hybridized carbons (Fsp3) is 0.333. The van der Waals surface area contributed by atoms with Crippen LogP contribution in [0.3, 0.4) is 0 Å². The van der Waals surface area contributed by atoms with Crippen LogP contribution >= 0.6 is 0 Å². The molecule has 9 heteroatoms. The van der Waals surface area contributed by atoms with Crippen molar-refractivity contribution in [1.82, 2.24) is 10.6 Å². The monoisotopic (exact) mass is 542 g/mol. The number of aliphatic hydroxyl groups is 1. The van der Waals surface area contributed by atoms with Crippen molar-refractivity contribution in [2.24, 2.45) is 0 Å². The van der Waals surface area contributed by atoms with E-state index in [1.54, 1.807) is 0 Å². The zero-order valence-corrected chi connectivity index (χ0v) is 22.0. The molecule has 0 aliphatic heterocycles. The molecular weight excluding hydrogens is 509 g/mol. The number of aryl methyl sites for hydroxylation is 1. The molecule has 3 rings (SSSR count). The van der Waals surface area contributed by atoms with Crippen LogP contribution in [-0.2, 0) is 24.2 Å². The summed E-state index contributed by atoms with van der Waals surface area (Å²) in [7, 11) is 1.32. The summed E-state index contributed by atoms with van der Waals surface area (Å²) >= 11 is 0. The fourth-order valence-corrected chi connectivity index (χ4v) is 4.20. The van der Waals surface area contributed by atoms with E-state index in [0.717, 1.165) is 29.7 Å². The van der Waals surface area contributed by atoms with Crippen LogP contribution in [0.25, 0.3) is 0 Å². The van der Waals surface area contributed by atoms with Crippen molar-refractivity contribution < 1.29 is 32.6 Å². The number of halogens is 3. The molecule has 3 N–H and O–H groups in total. The largest absolute Gasteiger partial charge is 0.494 e. The van der Waals surface area contributed by atoms with E-state index in [9.17, 15) is 27.9 Å². The van der Waals surface area contributed by atoms with Crippen molar-refractivity contribution in [3.05, 3.63) is 100 Å². The lowest BCUT2D eigenvalue weighted by atomic mass is 10.00. The minimum Gasteiger partial charge on any atom is -0.494 e. The Balaban J connectivity index is 1.59. The fourth-order valence-electron chi connectivity index (χ4n) is 4.20. The van der Waals surface area contributed by atoms with Gasteiger partial charge in [-0.1, -0.05) is 31.2 Å². The highest BCUT2D eigenvalue weighted by molar-refractivity contribution is 5.98. The predicted octanol–water partition coefficient (Wildman–Crippen LogP) is 4.52. The molecule has 0 fully saturated rings. The molecule has 1 unspecified atom stereocenters. The third-order valence-corrected chi connectivity index (χ3v) is 6.37. The van der Waals surface area contributed by atoms with E-state index in [2.05, 4.69) is 10.6 Å². The van der Waals surface area contributed by atoms with Crippen molar-refractivity contribution in [2.75, 3.05) is 13.7 Å². The number of benzene rings is 3. The zero-order valence-electron chi connectivity index (χ0n) is 22.0. The van der Waals surface area contributed by atoms with Gasteiger partial charge in [0.05, 0.1) is 13.2 Å². The number of hydrogen-bond acceptors (Lipinski definition) is 5. The number of carbonyl (C=O) groups is 2. The Kier molecular flexibility index (Phi) is 11.1. The molecule has 0 spiro atoms. The Labute approximate surface area is 226 Å². The van der Waals surface area contributed by atoms with Gasteiger partial charge >= 0.3 is 0 Å². The second-order valence-corrected chi connectivity index (χ2v) is 9.29. The van der Waals surface area contributed by atoms with Gasteiger partial charge in [-0.25, -0.2) is 13.2 Å². The summed E-state index contributed by atoms with van der Waals surface area (Å²) in [5.41, 5.74) is 2.61. The number of ketones is 1. The zero-order chi connectivity index (χ0) is 28.4. The highest BCUT2D eigenvalue weighted by Crippen LogP contribution is 2.19. The van der Waals surface area contributed by atoms with Gasteiger partial charge in [0.15, 0.2) is 17.3 Å². The molecule has 1 amide bonds. The lowest BCUT2D eigenvalue weighted by molar-refractivity contribution is -0.121. The van der Waals surface area contributed by atoms with Gasteiger partial charge in [-0.2, -0.15) is 0 Å². The number of ether oxygens (including phenoxy) is 1. The Morgan fingerprint density at radius 3 is 2.31 bits per heavy atom. The smallest absolute Gasteiger partial charge is 0.220 e. The summed E-state index contributed by atoms with van der Waals surface area (Å²) in [5, 5.41) is 16.7. The van der Waals surface area contributed by atoms with Crippen LogP contribution in [0, 0.1) is 17.5 Å². The first-order valence-corrected chi connectivity index (χ1v) is 12.8. The molecule has 39 heavy (non-hydrogen) atoms. The maximum absolute atomic E-state index is 13.9. The Bertz CT molecular complexity index is 1260. The van der Waals surface area contributed by atoms with E-state index in [4.69, 9.17) is 4.74 Å². The van der Waals surface area contributed by atoms with Crippen LogP contribution < -0.4 is 15.4 Å². The first-order valence-electron chi connectivity index (χ1n) is 12.8. The Morgan fingerprint density at radius 2 is 1.64 bits per heavy atom. The summed E-state index contributed by atoms with van der Waals surface area (Å²) in [5.74, 6) is -2.97. The molecule has 3 aromatic carbocycles. The van der Waals surface area contributed by atoms with Gasteiger partial charge in [-0.15, -0.1) is 0 Å². The third-order valence-electron chi connectivity index (χ3n) is 6.37. The van der Waals surface area contributed by atoms with E-state index in [1.807, 2.05) is 31.2 Å². The van der Waals surface area contributed by atoms with E-state index in [0.29, 0.717) is 12.1 Å². The van der Waals surface area contributed by atoms with Crippen LogP contribution in [-0.4, -0.2) is 42.6 Å². The molecule has 6 nitrogen and oxygen atoms in total. The molecular formula is C30H33F3N2O4. The standard InChI is InChI=1S/C30H33F3N2O4/c1-3-19-5-4-6-20(11-19)17-34-26(14-21-12-23(31)16-24(32)13-21)28(37)18-35-30(38)10-8-27(36)22-7-9-29(39-2)25(33)15-22/h4-7,9,11-13,15-16,26,28,34,37H,3,8,10,14,17-18H2,1-2H3,(H,35,38)/t26?,28-/m1/s1. The van der Waals surface area contributed by atoms with Crippen LogP contribution in [0.4, 0.5) is 13.2 Å². The van der Waals surface area contributed by atoms with E-state index >= 15 is 0 Å². The summed E-state index contributed by atoms with van der Waals surface area (Å²) in [6.45, 7) is 2.30. The topological polar surface area (TPSA) is 87.7 Å². The molecule has 2 atom stereocenters. The van der Waals surface area contributed by atoms with Crippen molar-refractivity contribution in [3.8, 4) is 5.75 Å². The maximum Gasteiger partial charge on any atom is 0.220 e. The number of Topliss-reactive ketones (excluding diaryl/α,β-unsaturated/α-hetero) is 1. The quantitative estimate of drug-likeness (QED) is 0.261. The van der Waals surface area contributed by atoms with Gasteiger partial charge < -0.3 is 20.5 Å². The van der Waals surface area contributed by atoms with Crippen molar-refractivity contribution in [2.45, 2.75) is 51.3 Å². The van der Waals surface area contributed by atoms with Gasteiger partial charge in [-0.3, -0.25) is 9.59 Å². The number of aliphatic hydroxyl groups excluding tert-OH is 1. The normalized spacial score (nSPS) is 12.6. The molecule has 0 heterocycles. The number of nitrogens with one attached hydrogen (secondary N) is 2. The predicted molar refractivity (Wildman–Crippen MR) is 142 cm³/mol. The molecule has 0 saturated heterocycles. The highest BCUT2D eigenvalue weighted by Gasteiger charge is 2.21. The van der Waals surface area contributed by atoms with Gasteiger partial charge in [0.25, 0.3) is 0 Å². The second kappa shape index (κ2) is 14.5. The SMILES string of the molecule is CCc1cccc(CNC(Cc2cc(F)cc(F)c2)[C@H](O)CNC(=O)CCC(=O)c2ccc(OC)c(F)c2)c1. The molecule has 0 aromatic heterocycles. The molecule has 3 aromatic rings. The lowest BCUT2D eigenvalue weighted by Crippen LogP contribution is -2.47. The van der Waals surface area contributed by atoms with Gasteiger partial charge in [0, 0.05) is 43.6 Å². The summed E-state index contributed by atoms with van der Waals surface area (Å²) < 4.78 is 46.2. The van der Waals surface area contributed by atoms with E-state index < -0.39 is 41.3 Å². The minimum absolute atomic E-state index is 0.0143. The molecule has 0 radical (unpaired) electrons. The van der Waals surface area contributed by atoms with Gasteiger partial charge in [-0.05, 0) is 59.9 Å². The van der Waals surface area contributed by atoms with Crippen molar-refractivity contribution >= 4 is 11.7 Å². The van der Waals surface area contributed by atoms with Crippen LogP contribution in [0.2, 0.25) is 0 Å². The average Bonchev–Trinajstić information content (AvgIpc) is 2.92. The van der Waals surface area contributed by atoms with E-state index in [-0.39, 0.29) is 37.1 Å². The van der Waals surface area contributed by atoms with E-state index in [1.165, 1.54) is 31.4 Å². The van der Waals surface area contributed by atoms with Crippen LogP contribution in [0.15, 0.2) is 60.7 Å². The number of hydrogen-bond donors (Lipinski definition) is 3. The second-order valence-electron chi connectivity index (χ2n) is 9.29. The minimum atomic E-state index is -1.10. The highest BCUT2D eigenvalue weighted by atomic mass is 19.1. The lowest BCUT2D eigenvalue weighted by Gasteiger charge is -2.25. The molecule has 208 valence electrons. The van der Waals surface area contributed by atoms with Crippen LogP contribution in [0.5, 0.6) is 5.75 Å². The molecule has 0 aliphatic carbocycles. The Morgan fingerprint density at radius 1 is 0.923 bits per heavy atom. The van der Waals surface area contributed by atoms with Crippen LogP contribution in [0.1, 0.15) is 46.8 Å². The van der Waals surface area contributed by atoms with Crippen molar-refractivity contribution in [3.63, 3.8) is 0 Å².